The second-order valence-corrected chi connectivity index (χ2v) is 6.90. The van der Waals surface area contributed by atoms with Crippen molar-refractivity contribution in [2.24, 2.45) is 4.99 Å². The van der Waals surface area contributed by atoms with Crippen molar-refractivity contribution in [2.45, 2.75) is 37.6 Å². The molecule has 4 nitrogen and oxygen atoms in total. The third-order valence-electron chi connectivity index (χ3n) is 5.14. The normalized spacial score (nSPS) is 23.6. The van der Waals surface area contributed by atoms with Crippen LogP contribution in [-0.4, -0.2) is 30.1 Å². The quantitative estimate of drug-likeness (QED) is 0.698. The maximum absolute atomic E-state index is 13.2. The Morgan fingerprint density at radius 1 is 1.29 bits per heavy atom. The molecule has 28 heavy (non-hydrogen) atoms. The Hall–Kier alpha value is -2.89. The Labute approximate surface area is 157 Å². The summed E-state index contributed by atoms with van der Waals surface area (Å²) >= 11 is 0. The van der Waals surface area contributed by atoms with E-state index < -0.39 is 29.7 Å². The average Bonchev–Trinajstić information content (AvgIpc) is 2.99. The molecule has 3 aliphatic rings. The van der Waals surface area contributed by atoms with Gasteiger partial charge in [0.25, 0.3) is 0 Å². The van der Waals surface area contributed by atoms with Crippen LogP contribution < -0.4 is 0 Å². The van der Waals surface area contributed by atoms with Gasteiger partial charge < -0.3 is 9.64 Å². The van der Waals surface area contributed by atoms with Gasteiger partial charge in [0.2, 0.25) is 0 Å². The number of alkyl halides is 5. The van der Waals surface area contributed by atoms with E-state index >= 15 is 0 Å². The SMILES string of the molecule is N#Cc1ccc2c(c1)CCC[C@@]21CN2C=C(C(F)(F)F)C=C(OC(F)F)C2=N1. The zero-order valence-electron chi connectivity index (χ0n) is 14.4. The van der Waals surface area contributed by atoms with Crippen LogP contribution in [0.5, 0.6) is 0 Å². The molecular weight excluding hydrogens is 381 g/mol. The van der Waals surface area contributed by atoms with Gasteiger partial charge in [-0.1, -0.05) is 6.07 Å². The van der Waals surface area contributed by atoms with E-state index in [2.05, 4.69) is 15.8 Å². The predicted molar refractivity (Wildman–Crippen MR) is 89.2 cm³/mol. The Morgan fingerprint density at radius 3 is 2.75 bits per heavy atom. The number of hydrogen-bond donors (Lipinski definition) is 0. The van der Waals surface area contributed by atoms with Crippen molar-refractivity contribution >= 4 is 5.84 Å². The Balaban J connectivity index is 1.80. The minimum atomic E-state index is -4.70. The molecule has 0 N–H and O–H groups in total. The maximum atomic E-state index is 13.2. The second-order valence-electron chi connectivity index (χ2n) is 6.90. The van der Waals surface area contributed by atoms with Crippen LogP contribution in [0.4, 0.5) is 22.0 Å². The minimum Gasteiger partial charge on any atom is -0.431 e. The number of hydrogen-bond acceptors (Lipinski definition) is 4. The lowest BCUT2D eigenvalue weighted by Crippen LogP contribution is -2.36. The second kappa shape index (κ2) is 6.33. The number of allylic oxidation sites excluding steroid dienone is 2. The first-order valence-electron chi connectivity index (χ1n) is 8.58. The highest BCUT2D eigenvalue weighted by atomic mass is 19.4. The fourth-order valence-electron chi connectivity index (χ4n) is 4.02. The van der Waals surface area contributed by atoms with Crippen molar-refractivity contribution in [3.8, 4) is 6.07 Å². The van der Waals surface area contributed by atoms with Crippen LogP contribution in [0.3, 0.4) is 0 Å². The number of halogens is 5. The van der Waals surface area contributed by atoms with Gasteiger partial charge >= 0.3 is 12.8 Å². The molecule has 0 unspecified atom stereocenters. The van der Waals surface area contributed by atoms with Crippen molar-refractivity contribution in [1.29, 1.82) is 5.26 Å². The lowest BCUT2D eigenvalue weighted by Gasteiger charge is -2.34. The van der Waals surface area contributed by atoms with Crippen LogP contribution in [0.1, 0.15) is 29.5 Å². The van der Waals surface area contributed by atoms with E-state index in [0.29, 0.717) is 18.1 Å². The third kappa shape index (κ3) is 3.03. The zero-order valence-corrected chi connectivity index (χ0v) is 14.4. The van der Waals surface area contributed by atoms with Crippen molar-refractivity contribution in [3.63, 3.8) is 0 Å². The fraction of sp³-hybridized carbons (Fsp3) is 0.368. The molecule has 1 spiro atoms. The first-order chi connectivity index (χ1) is 13.2. The molecule has 1 aromatic carbocycles. The Morgan fingerprint density at radius 2 is 2.07 bits per heavy atom. The summed E-state index contributed by atoms with van der Waals surface area (Å²) in [6.07, 6.45) is -1.27. The van der Waals surface area contributed by atoms with Gasteiger partial charge in [0.05, 0.1) is 23.8 Å². The molecular formula is C19H14F5N3O. The lowest BCUT2D eigenvalue weighted by molar-refractivity contribution is -0.0981. The lowest BCUT2D eigenvalue weighted by atomic mass is 9.76. The molecule has 2 heterocycles. The predicted octanol–water partition coefficient (Wildman–Crippen LogP) is 4.39. The van der Waals surface area contributed by atoms with Crippen LogP contribution in [-0.2, 0) is 16.7 Å². The zero-order chi connectivity index (χ0) is 20.1. The fourth-order valence-corrected chi connectivity index (χ4v) is 4.02. The molecule has 0 fully saturated rings. The largest absolute Gasteiger partial charge is 0.431 e. The molecule has 2 aliphatic heterocycles. The molecule has 1 aromatic rings. The molecule has 0 amide bonds. The first kappa shape index (κ1) is 18.5. The molecule has 0 radical (unpaired) electrons. The molecule has 9 heteroatoms. The smallest absolute Gasteiger partial charge is 0.417 e. The number of nitriles is 1. The van der Waals surface area contributed by atoms with E-state index in [1.165, 1.54) is 4.90 Å². The van der Waals surface area contributed by atoms with E-state index in [1.807, 2.05) is 0 Å². The van der Waals surface area contributed by atoms with Crippen LogP contribution >= 0.6 is 0 Å². The van der Waals surface area contributed by atoms with E-state index in [-0.39, 0.29) is 12.4 Å². The van der Waals surface area contributed by atoms with Crippen LogP contribution in [0, 0.1) is 11.3 Å². The highest BCUT2D eigenvalue weighted by molar-refractivity contribution is 6.00. The molecule has 0 aromatic heterocycles. The summed E-state index contributed by atoms with van der Waals surface area (Å²) in [7, 11) is 0. The summed E-state index contributed by atoms with van der Waals surface area (Å²) < 4.78 is 69.6. The van der Waals surface area contributed by atoms with Gasteiger partial charge in [0, 0.05) is 6.20 Å². The van der Waals surface area contributed by atoms with Gasteiger partial charge in [-0.05, 0) is 48.6 Å². The molecule has 1 aliphatic carbocycles. The van der Waals surface area contributed by atoms with Crippen molar-refractivity contribution in [1.82, 2.24) is 4.90 Å². The monoisotopic (exact) mass is 395 g/mol. The molecule has 0 saturated heterocycles. The van der Waals surface area contributed by atoms with E-state index in [1.54, 1.807) is 18.2 Å². The van der Waals surface area contributed by atoms with Crippen LogP contribution in [0.2, 0.25) is 0 Å². The van der Waals surface area contributed by atoms with Crippen molar-refractivity contribution in [2.75, 3.05) is 6.54 Å². The number of benzene rings is 1. The first-order valence-corrected chi connectivity index (χ1v) is 8.58. The molecule has 1 atom stereocenters. The minimum absolute atomic E-state index is 0.0366. The Bertz CT molecular complexity index is 957. The highest BCUT2D eigenvalue weighted by Crippen LogP contribution is 2.45. The average molecular weight is 395 g/mol. The number of nitrogens with zero attached hydrogens (tertiary/aromatic N) is 3. The summed E-state index contributed by atoms with van der Waals surface area (Å²) in [6, 6.07) is 7.19. The number of amidine groups is 1. The summed E-state index contributed by atoms with van der Waals surface area (Å²) in [5, 5.41) is 9.09. The van der Waals surface area contributed by atoms with Crippen molar-refractivity contribution < 1.29 is 26.7 Å². The number of aryl methyl sites for hydroxylation is 1. The van der Waals surface area contributed by atoms with E-state index in [4.69, 9.17) is 5.26 Å². The molecule has 0 bridgehead atoms. The van der Waals surface area contributed by atoms with Gasteiger partial charge in [0.15, 0.2) is 11.6 Å². The maximum Gasteiger partial charge on any atom is 0.417 e. The van der Waals surface area contributed by atoms with Gasteiger partial charge in [-0.2, -0.15) is 27.2 Å². The standard InChI is InChI=1S/C19H14F5N3O/c20-17(21)28-15-7-13(19(22,23)24)9-27-10-18(26-16(15)27)5-1-2-12-6-11(8-25)3-4-14(12)18/h3-4,6-7,9,17H,1-2,5,10H2/t18-/m1/s1. The van der Waals surface area contributed by atoms with Crippen LogP contribution in [0.25, 0.3) is 0 Å². The summed E-state index contributed by atoms with van der Waals surface area (Å²) in [4.78, 5) is 5.80. The third-order valence-corrected chi connectivity index (χ3v) is 5.14. The number of fused-ring (bicyclic) bond motifs is 3. The highest BCUT2D eigenvalue weighted by Gasteiger charge is 2.47. The molecule has 0 saturated carbocycles. The molecule has 146 valence electrons. The summed E-state index contributed by atoms with van der Waals surface area (Å²) in [5.74, 6) is -0.632. The molecule has 4 rings (SSSR count). The van der Waals surface area contributed by atoms with Gasteiger partial charge in [-0.3, -0.25) is 4.99 Å². The van der Waals surface area contributed by atoms with Crippen LogP contribution in [0.15, 0.2) is 46.8 Å². The number of ether oxygens (including phenoxy) is 1. The van der Waals surface area contributed by atoms with Gasteiger partial charge in [0.1, 0.15) is 5.54 Å². The number of aliphatic imine (C=N–C) groups is 1. The summed E-state index contributed by atoms with van der Waals surface area (Å²) in [6.45, 7) is -3.18. The van der Waals surface area contributed by atoms with Crippen molar-refractivity contribution in [3.05, 3.63) is 58.5 Å². The number of rotatable bonds is 2. The van der Waals surface area contributed by atoms with E-state index in [9.17, 15) is 22.0 Å². The van der Waals surface area contributed by atoms with E-state index in [0.717, 1.165) is 30.2 Å². The van der Waals surface area contributed by atoms with Gasteiger partial charge in [-0.15, -0.1) is 0 Å². The van der Waals surface area contributed by atoms with Gasteiger partial charge in [-0.25, -0.2) is 0 Å². The Kier molecular flexibility index (Phi) is 4.17. The topological polar surface area (TPSA) is 48.6 Å². The summed E-state index contributed by atoms with van der Waals surface area (Å²) in [5.41, 5.74) is 0.252.